The van der Waals surface area contributed by atoms with Crippen LogP contribution < -0.4 is 10.0 Å². The van der Waals surface area contributed by atoms with Gasteiger partial charge in [0.05, 0.1) is 15.4 Å². The fraction of sp³-hybridized carbons (Fsp3) is 0.316. The Kier molecular flexibility index (Phi) is 5.33. The largest absolute Gasteiger partial charge is 0.416 e. The van der Waals surface area contributed by atoms with Gasteiger partial charge in [0.1, 0.15) is 0 Å². The number of carbonyl (C=O) groups is 1. The molecule has 2 amide bonds. The van der Waals surface area contributed by atoms with Crippen LogP contribution in [0.2, 0.25) is 0 Å². The van der Waals surface area contributed by atoms with Crippen molar-refractivity contribution in [3.63, 3.8) is 0 Å². The van der Waals surface area contributed by atoms with Gasteiger partial charge in [-0.25, -0.2) is 17.9 Å². The number of fused-ring (bicyclic) bond motifs is 1. The highest BCUT2D eigenvalue weighted by Crippen LogP contribution is 2.46. The molecular weight excluding hydrogens is 453 g/mol. The number of nitro benzene ring substituents is 1. The number of carbonyl (C=O) groups excluding carboxylic acids is 1. The molecule has 1 saturated carbocycles. The first-order chi connectivity index (χ1) is 15.0. The second-order valence-electron chi connectivity index (χ2n) is 7.64. The summed E-state index contributed by atoms with van der Waals surface area (Å²) in [5, 5.41) is 13.2. The van der Waals surface area contributed by atoms with Crippen LogP contribution in [-0.2, 0) is 16.2 Å². The summed E-state index contributed by atoms with van der Waals surface area (Å²) in [6.45, 7) is 0.592. The maximum atomic E-state index is 12.6. The zero-order valence-electron chi connectivity index (χ0n) is 16.2. The minimum atomic E-state index is -4.46. The Morgan fingerprint density at radius 2 is 1.59 bits per heavy atom. The summed E-state index contributed by atoms with van der Waals surface area (Å²) in [7, 11) is -3.87. The lowest BCUT2D eigenvalue weighted by Gasteiger charge is -2.21. The molecule has 0 bridgehead atoms. The van der Waals surface area contributed by atoms with Crippen molar-refractivity contribution in [3.05, 3.63) is 64.2 Å². The minimum Gasteiger partial charge on any atom is -0.324 e. The Hall–Kier alpha value is -3.19. The predicted octanol–water partition coefficient (Wildman–Crippen LogP) is 3.05. The molecule has 0 unspecified atom stereocenters. The van der Waals surface area contributed by atoms with Gasteiger partial charge in [0.15, 0.2) is 0 Å². The maximum Gasteiger partial charge on any atom is 0.416 e. The normalized spacial score (nSPS) is 22.3. The lowest BCUT2D eigenvalue weighted by atomic mass is 10.2. The van der Waals surface area contributed by atoms with Crippen LogP contribution in [0.25, 0.3) is 0 Å². The van der Waals surface area contributed by atoms with Crippen LogP contribution in [0.15, 0.2) is 53.4 Å². The molecule has 3 atom stereocenters. The van der Waals surface area contributed by atoms with Crippen LogP contribution in [0.1, 0.15) is 5.56 Å². The molecule has 2 aromatic carbocycles. The number of hydrogen-bond donors (Lipinski definition) is 2. The molecule has 2 fully saturated rings. The number of urea groups is 1. The number of rotatable bonds is 5. The number of halogens is 3. The number of hydrogen-bond acceptors (Lipinski definition) is 5. The molecule has 2 aromatic rings. The van der Waals surface area contributed by atoms with E-state index < -0.39 is 32.7 Å². The molecule has 170 valence electrons. The Balaban J connectivity index is 1.30. The summed E-state index contributed by atoms with van der Waals surface area (Å²) in [4.78, 5) is 23.8. The zero-order chi connectivity index (χ0) is 23.3. The molecule has 9 nitrogen and oxygen atoms in total. The van der Waals surface area contributed by atoms with Gasteiger partial charge in [-0.05, 0) is 48.2 Å². The predicted molar refractivity (Wildman–Crippen MR) is 106 cm³/mol. The molecule has 1 heterocycles. The quantitative estimate of drug-likeness (QED) is 0.514. The number of anilines is 1. The average molecular weight is 470 g/mol. The van der Waals surface area contributed by atoms with E-state index >= 15 is 0 Å². The molecule has 1 aliphatic carbocycles. The van der Waals surface area contributed by atoms with Gasteiger partial charge >= 0.3 is 12.2 Å². The molecule has 2 N–H and O–H groups in total. The van der Waals surface area contributed by atoms with E-state index in [-0.39, 0.29) is 34.1 Å². The highest BCUT2D eigenvalue weighted by molar-refractivity contribution is 7.89. The summed E-state index contributed by atoms with van der Waals surface area (Å²) in [6, 6.07) is 7.77. The van der Waals surface area contributed by atoms with E-state index in [1.54, 1.807) is 0 Å². The van der Waals surface area contributed by atoms with Gasteiger partial charge in [0, 0.05) is 37.0 Å². The van der Waals surface area contributed by atoms with Crippen molar-refractivity contribution in [2.75, 3.05) is 18.4 Å². The van der Waals surface area contributed by atoms with E-state index in [2.05, 4.69) is 10.0 Å². The molecule has 2 aliphatic rings. The smallest absolute Gasteiger partial charge is 0.324 e. The molecule has 0 spiro atoms. The van der Waals surface area contributed by atoms with Crippen molar-refractivity contribution in [1.82, 2.24) is 9.62 Å². The number of piperidine rings is 1. The van der Waals surface area contributed by atoms with Gasteiger partial charge in [0.2, 0.25) is 10.0 Å². The van der Waals surface area contributed by atoms with Gasteiger partial charge in [-0.2, -0.15) is 13.2 Å². The fourth-order valence-corrected chi connectivity index (χ4v) is 5.14. The van der Waals surface area contributed by atoms with E-state index in [1.165, 1.54) is 17.0 Å². The van der Waals surface area contributed by atoms with Gasteiger partial charge < -0.3 is 10.2 Å². The van der Waals surface area contributed by atoms with Crippen LogP contribution in [0.3, 0.4) is 0 Å². The van der Waals surface area contributed by atoms with Crippen LogP contribution in [0.4, 0.5) is 29.3 Å². The molecule has 1 aliphatic heterocycles. The van der Waals surface area contributed by atoms with Gasteiger partial charge in [-0.1, -0.05) is 0 Å². The number of benzene rings is 2. The fourth-order valence-electron chi connectivity index (χ4n) is 3.81. The van der Waals surface area contributed by atoms with Crippen molar-refractivity contribution in [1.29, 1.82) is 0 Å². The summed E-state index contributed by atoms with van der Waals surface area (Å²) in [5.41, 5.74) is -0.818. The van der Waals surface area contributed by atoms with E-state index in [0.717, 1.165) is 36.4 Å². The van der Waals surface area contributed by atoms with Gasteiger partial charge in [0.25, 0.3) is 5.69 Å². The third-order valence-corrected chi connectivity index (χ3v) is 7.07. The van der Waals surface area contributed by atoms with Crippen LogP contribution in [0.5, 0.6) is 0 Å². The van der Waals surface area contributed by atoms with Crippen molar-refractivity contribution in [2.24, 2.45) is 11.8 Å². The Bertz CT molecular complexity index is 1140. The summed E-state index contributed by atoms with van der Waals surface area (Å²) in [5.74, 6) is -0.164. The first-order valence-corrected chi connectivity index (χ1v) is 10.9. The second kappa shape index (κ2) is 7.74. The minimum absolute atomic E-state index is 0.0822. The third kappa shape index (κ3) is 4.39. The van der Waals surface area contributed by atoms with Crippen LogP contribution in [-0.4, -0.2) is 43.4 Å². The van der Waals surface area contributed by atoms with Crippen molar-refractivity contribution in [3.8, 4) is 0 Å². The third-order valence-electron chi connectivity index (χ3n) is 5.59. The molecular formula is C19H17F3N4O5S. The zero-order valence-corrected chi connectivity index (χ0v) is 17.1. The number of amides is 2. The SMILES string of the molecule is O=C(Nc1ccc(C(F)(F)F)cc1)N1C[C@@H]2[C@H](C1)[C@H]2NS(=O)(=O)c1ccc([N+](=O)[O-])cc1. The monoisotopic (exact) mass is 470 g/mol. The van der Waals surface area contributed by atoms with E-state index in [9.17, 15) is 36.5 Å². The summed E-state index contributed by atoms with van der Waals surface area (Å²) >= 11 is 0. The van der Waals surface area contributed by atoms with Crippen LogP contribution >= 0.6 is 0 Å². The van der Waals surface area contributed by atoms with Crippen molar-refractivity contribution in [2.45, 2.75) is 17.1 Å². The summed E-state index contributed by atoms with van der Waals surface area (Å²) in [6.07, 6.45) is -4.46. The van der Waals surface area contributed by atoms with E-state index in [0.29, 0.717) is 13.1 Å². The average Bonchev–Trinajstić information content (AvgIpc) is 3.15. The maximum absolute atomic E-state index is 12.6. The molecule has 0 radical (unpaired) electrons. The Morgan fingerprint density at radius 1 is 1.03 bits per heavy atom. The van der Waals surface area contributed by atoms with E-state index in [1.807, 2.05) is 0 Å². The van der Waals surface area contributed by atoms with Gasteiger partial charge in [-0.3, -0.25) is 10.1 Å². The lowest BCUT2D eigenvalue weighted by molar-refractivity contribution is -0.384. The first-order valence-electron chi connectivity index (χ1n) is 9.46. The van der Waals surface area contributed by atoms with Crippen molar-refractivity contribution < 1.29 is 31.3 Å². The van der Waals surface area contributed by atoms with Crippen LogP contribution in [0, 0.1) is 22.0 Å². The number of alkyl halides is 3. The first kappa shape index (κ1) is 22.0. The van der Waals surface area contributed by atoms with Gasteiger partial charge in [-0.15, -0.1) is 0 Å². The number of nitrogens with zero attached hydrogens (tertiary/aromatic N) is 2. The molecule has 32 heavy (non-hydrogen) atoms. The highest BCUT2D eigenvalue weighted by Gasteiger charge is 2.58. The molecule has 13 heteroatoms. The van der Waals surface area contributed by atoms with E-state index in [4.69, 9.17) is 0 Å². The number of likely N-dealkylation sites (tertiary alicyclic amines) is 1. The molecule has 4 rings (SSSR count). The topological polar surface area (TPSA) is 122 Å². The molecule has 0 aromatic heterocycles. The standard InChI is InChI=1S/C19H17F3N4O5S/c20-19(21,22)11-1-3-12(4-2-11)23-18(27)25-9-15-16(10-25)17(15)24-32(30,31)14-7-5-13(6-8-14)26(28)29/h1-8,15-17,24H,9-10H2,(H,23,27)/t15-,16+,17+. The second-order valence-corrected chi connectivity index (χ2v) is 9.35. The van der Waals surface area contributed by atoms with Crippen molar-refractivity contribution >= 4 is 27.4 Å². The Labute approximate surface area is 180 Å². The number of nitro groups is 1. The summed E-state index contributed by atoms with van der Waals surface area (Å²) < 4.78 is 65.4. The number of nitrogens with one attached hydrogen (secondary N) is 2. The Morgan fingerprint density at radius 3 is 2.09 bits per heavy atom. The highest BCUT2D eigenvalue weighted by atomic mass is 32.2. The number of sulfonamides is 1. The number of non-ortho nitro benzene ring substituents is 1. The molecule has 1 saturated heterocycles. The lowest BCUT2D eigenvalue weighted by Crippen LogP contribution is -2.39.